The van der Waals surface area contributed by atoms with Gasteiger partial charge < -0.3 is 5.11 Å². The normalized spacial score (nSPS) is 10.1. The third kappa shape index (κ3) is 2.01. The minimum absolute atomic E-state index is 0.0324. The predicted molar refractivity (Wildman–Crippen MR) is 50.6 cm³/mol. The number of carbonyl (C=O) groups is 1. The molecule has 0 saturated heterocycles. The van der Waals surface area contributed by atoms with Crippen LogP contribution in [0.4, 0.5) is 4.39 Å². The van der Waals surface area contributed by atoms with Crippen LogP contribution in [-0.2, 0) is 0 Å². The Balaban J connectivity index is 3.28. The topological polar surface area (TPSA) is 37.3 Å². The molecule has 0 atom stereocenters. The molecule has 0 spiro atoms. The molecule has 1 N–H and O–H groups in total. The maximum Gasteiger partial charge on any atom is 0.222 e. The molecular weight excluding hydrogens is 191 g/mol. The van der Waals surface area contributed by atoms with Crippen LogP contribution >= 0.6 is 11.8 Å². The number of carbonyl (C=O) groups excluding carboxylic acids is 1. The van der Waals surface area contributed by atoms with E-state index in [1.54, 1.807) is 13.2 Å². The van der Waals surface area contributed by atoms with Crippen LogP contribution in [0.3, 0.4) is 0 Å². The van der Waals surface area contributed by atoms with E-state index in [2.05, 4.69) is 0 Å². The lowest BCUT2D eigenvalue weighted by Gasteiger charge is -2.04. The number of thioether (sulfide) groups is 1. The summed E-state index contributed by atoms with van der Waals surface area (Å²) in [6.07, 6.45) is 1.59. The highest BCUT2D eigenvalue weighted by Crippen LogP contribution is 2.26. The molecule has 13 heavy (non-hydrogen) atoms. The van der Waals surface area contributed by atoms with Crippen LogP contribution in [0, 0.1) is 12.7 Å². The van der Waals surface area contributed by atoms with Gasteiger partial charge in [-0.1, -0.05) is 11.8 Å². The van der Waals surface area contributed by atoms with E-state index in [1.807, 2.05) is 0 Å². The third-order valence-electron chi connectivity index (χ3n) is 1.67. The molecule has 0 aliphatic rings. The molecule has 0 aromatic heterocycles. The minimum Gasteiger partial charge on any atom is -0.507 e. The van der Waals surface area contributed by atoms with Crippen molar-refractivity contribution in [2.75, 3.05) is 6.26 Å². The first-order valence-corrected chi connectivity index (χ1v) is 4.86. The van der Waals surface area contributed by atoms with Crippen LogP contribution in [-0.4, -0.2) is 16.5 Å². The van der Waals surface area contributed by atoms with Gasteiger partial charge in [0.15, 0.2) is 0 Å². The lowest BCUT2D eigenvalue weighted by molar-refractivity contribution is 0.108. The predicted octanol–water partition coefficient (Wildman–Crippen LogP) is 2.34. The van der Waals surface area contributed by atoms with Crippen molar-refractivity contribution in [3.05, 3.63) is 29.1 Å². The molecule has 1 aromatic carbocycles. The highest BCUT2D eigenvalue weighted by atomic mass is 32.2. The van der Waals surface area contributed by atoms with Gasteiger partial charge >= 0.3 is 0 Å². The van der Waals surface area contributed by atoms with E-state index in [-0.39, 0.29) is 16.4 Å². The van der Waals surface area contributed by atoms with Crippen molar-refractivity contribution >= 4 is 16.9 Å². The lowest BCUT2D eigenvalue weighted by Crippen LogP contribution is -1.95. The van der Waals surface area contributed by atoms with Gasteiger partial charge in [0, 0.05) is 0 Å². The van der Waals surface area contributed by atoms with Crippen molar-refractivity contribution in [3.63, 3.8) is 0 Å². The number of phenolic OH excluding ortho intramolecular Hbond substituents is 1. The maximum absolute atomic E-state index is 12.8. The number of aromatic hydroxyl groups is 1. The fraction of sp³-hybridized carbons (Fsp3) is 0.222. The molecule has 0 amide bonds. The summed E-state index contributed by atoms with van der Waals surface area (Å²) in [5.74, 6) is -0.645. The summed E-state index contributed by atoms with van der Waals surface area (Å²) >= 11 is 0.944. The lowest BCUT2D eigenvalue weighted by atomic mass is 10.1. The first-order valence-electron chi connectivity index (χ1n) is 3.63. The van der Waals surface area contributed by atoms with Crippen LogP contribution in [0.2, 0.25) is 0 Å². The Morgan fingerprint density at radius 1 is 1.54 bits per heavy atom. The Hall–Kier alpha value is -1.03. The molecular formula is C9H9FO2S. The van der Waals surface area contributed by atoms with Gasteiger partial charge in [-0.2, -0.15) is 0 Å². The molecule has 0 heterocycles. The molecule has 70 valence electrons. The highest BCUT2D eigenvalue weighted by Gasteiger charge is 2.13. The van der Waals surface area contributed by atoms with Crippen LogP contribution in [0.1, 0.15) is 15.9 Å². The molecule has 2 nitrogen and oxygen atoms in total. The van der Waals surface area contributed by atoms with Crippen molar-refractivity contribution in [2.45, 2.75) is 6.92 Å². The molecule has 4 heteroatoms. The number of halogens is 1. The summed E-state index contributed by atoms with van der Waals surface area (Å²) in [7, 11) is 0. The van der Waals surface area contributed by atoms with Crippen LogP contribution < -0.4 is 0 Å². The Morgan fingerprint density at radius 2 is 2.15 bits per heavy atom. The minimum atomic E-state index is -0.507. The zero-order valence-electron chi connectivity index (χ0n) is 7.30. The first kappa shape index (κ1) is 10.1. The van der Waals surface area contributed by atoms with Crippen molar-refractivity contribution in [3.8, 4) is 5.75 Å². The molecule has 0 bridgehead atoms. The Labute approximate surface area is 79.8 Å². The summed E-state index contributed by atoms with van der Waals surface area (Å²) < 4.78 is 12.8. The van der Waals surface area contributed by atoms with E-state index in [0.717, 1.165) is 17.8 Å². The summed E-state index contributed by atoms with van der Waals surface area (Å²) in [6.45, 7) is 1.55. The van der Waals surface area contributed by atoms with Crippen LogP contribution in [0.15, 0.2) is 12.1 Å². The number of hydrogen-bond acceptors (Lipinski definition) is 3. The van der Waals surface area contributed by atoms with Crippen LogP contribution in [0.25, 0.3) is 0 Å². The molecule has 0 aliphatic carbocycles. The van der Waals surface area contributed by atoms with E-state index in [9.17, 15) is 14.3 Å². The van der Waals surface area contributed by atoms with Gasteiger partial charge in [0.05, 0.1) is 5.56 Å². The van der Waals surface area contributed by atoms with Gasteiger partial charge in [-0.05, 0) is 30.9 Å². The van der Waals surface area contributed by atoms with Crippen molar-refractivity contribution < 1.29 is 14.3 Å². The number of aryl methyl sites for hydroxylation is 1. The molecule has 0 aliphatic heterocycles. The number of hydrogen-bond donors (Lipinski definition) is 1. The summed E-state index contributed by atoms with van der Waals surface area (Å²) in [5.41, 5.74) is 0.405. The van der Waals surface area contributed by atoms with Gasteiger partial charge in [-0.25, -0.2) is 4.39 Å². The molecule has 1 rings (SSSR count). The molecule has 0 fully saturated rings. The fourth-order valence-corrected chi connectivity index (χ4v) is 1.38. The largest absolute Gasteiger partial charge is 0.507 e. The Kier molecular flexibility index (Phi) is 2.93. The van der Waals surface area contributed by atoms with Crippen molar-refractivity contribution in [2.24, 2.45) is 0 Å². The zero-order chi connectivity index (χ0) is 10.0. The van der Waals surface area contributed by atoms with E-state index in [1.165, 1.54) is 6.07 Å². The Morgan fingerprint density at radius 3 is 2.69 bits per heavy atom. The summed E-state index contributed by atoms with van der Waals surface area (Å²) in [4.78, 5) is 11.2. The van der Waals surface area contributed by atoms with Crippen molar-refractivity contribution in [1.82, 2.24) is 0 Å². The number of rotatable bonds is 1. The van der Waals surface area contributed by atoms with E-state index < -0.39 is 5.82 Å². The fourth-order valence-electron chi connectivity index (χ4n) is 1.00. The quantitative estimate of drug-likeness (QED) is 0.756. The van der Waals surface area contributed by atoms with Crippen LogP contribution in [0.5, 0.6) is 5.75 Å². The monoisotopic (exact) mass is 200 g/mol. The Bertz CT molecular complexity index is 350. The van der Waals surface area contributed by atoms with Gasteiger partial charge in [0.2, 0.25) is 5.12 Å². The second-order valence-electron chi connectivity index (χ2n) is 2.61. The number of benzene rings is 1. The summed E-state index contributed by atoms with van der Waals surface area (Å²) in [6, 6.07) is 2.23. The second kappa shape index (κ2) is 3.79. The van der Waals surface area contributed by atoms with Gasteiger partial charge in [0.1, 0.15) is 11.6 Å². The third-order valence-corrected chi connectivity index (χ3v) is 2.26. The molecule has 0 saturated carbocycles. The van der Waals surface area contributed by atoms with E-state index in [0.29, 0.717) is 5.56 Å². The molecule has 0 unspecified atom stereocenters. The smallest absolute Gasteiger partial charge is 0.222 e. The van der Waals surface area contributed by atoms with Gasteiger partial charge in [-0.3, -0.25) is 4.79 Å². The van der Waals surface area contributed by atoms with Crippen molar-refractivity contribution in [1.29, 1.82) is 0 Å². The molecule has 1 aromatic rings. The maximum atomic E-state index is 12.8. The highest BCUT2D eigenvalue weighted by molar-refractivity contribution is 8.13. The van der Waals surface area contributed by atoms with Gasteiger partial charge in [0.25, 0.3) is 0 Å². The van der Waals surface area contributed by atoms with E-state index in [4.69, 9.17) is 0 Å². The van der Waals surface area contributed by atoms with Gasteiger partial charge in [-0.15, -0.1) is 0 Å². The summed E-state index contributed by atoms with van der Waals surface area (Å²) in [5, 5.41) is 9.09. The average Bonchev–Trinajstić information content (AvgIpc) is 2.10. The van der Waals surface area contributed by atoms with E-state index >= 15 is 0 Å². The SMILES string of the molecule is CSC(=O)c1cc(F)cc(C)c1O. The zero-order valence-corrected chi connectivity index (χ0v) is 8.11. The molecule has 0 radical (unpaired) electrons. The second-order valence-corrected chi connectivity index (χ2v) is 3.39. The standard InChI is InChI=1S/C9H9FO2S/c1-5-3-6(10)4-7(8(5)11)9(12)13-2/h3-4,11H,1-2H3. The number of phenols is 1. The average molecular weight is 200 g/mol. The first-order chi connectivity index (χ1) is 6.06.